The predicted molar refractivity (Wildman–Crippen MR) is 95.0 cm³/mol. The Labute approximate surface area is 133 Å². The molecule has 1 heterocycles. The third kappa shape index (κ3) is 6.53. The average Bonchev–Trinajstić information content (AvgIpc) is 2.83. The molecule has 0 radical (unpaired) electrons. The van der Waals surface area contributed by atoms with Gasteiger partial charge in [0.25, 0.3) is 0 Å². The van der Waals surface area contributed by atoms with Crippen molar-refractivity contribution in [3.63, 3.8) is 0 Å². The minimum absolute atomic E-state index is 1.30. The summed E-state index contributed by atoms with van der Waals surface area (Å²) < 4.78 is 3.75. The highest BCUT2D eigenvalue weighted by Gasteiger charge is 2.10. The molecule has 20 heavy (non-hydrogen) atoms. The van der Waals surface area contributed by atoms with Crippen molar-refractivity contribution in [2.24, 2.45) is 0 Å². The van der Waals surface area contributed by atoms with E-state index >= 15 is 0 Å². The topological polar surface area (TPSA) is 3.01 Å². The first-order chi connectivity index (χ1) is 9.69. The average molecular weight is 315 g/mol. The van der Waals surface area contributed by atoms with Crippen LogP contribution >= 0.6 is 22.7 Å². The van der Waals surface area contributed by atoms with Crippen LogP contribution in [0.3, 0.4) is 0 Å². The zero-order chi connectivity index (χ0) is 14.8. The molecule has 1 nitrogen and oxygen atoms in total. The van der Waals surface area contributed by atoms with Gasteiger partial charge in [-0.05, 0) is 25.7 Å². The van der Waals surface area contributed by atoms with Crippen molar-refractivity contribution >= 4 is 22.7 Å². The SMILES string of the molecule is CCCCCCc1sc(=[N+](C)C)sc1CCCCCC. The fraction of sp³-hybridized carbons (Fsp3) is 0.824. The minimum Gasteiger partial charge on any atom is -0.217 e. The van der Waals surface area contributed by atoms with E-state index in [0.29, 0.717) is 0 Å². The molecule has 0 saturated heterocycles. The van der Waals surface area contributed by atoms with Crippen LogP contribution < -0.4 is 8.56 Å². The number of nitrogens with zero attached hydrogens (tertiary/aromatic N) is 1. The molecule has 1 aromatic heterocycles. The Kier molecular flexibility index (Phi) is 9.45. The molecule has 0 aliphatic carbocycles. The maximum absolute atomic E-state index is 2.29. The van der Waals surface area contributed by atoms with Crippen LogP contribution in [-0.4, -0.2) is 14.1 Å². The van der Waals surface area contributed by atoms with Crippen molar-refractivity contribution in [2.75, 3.05) is 14.1 Å². The third-order valence-corrected chi connectivity index (χ3v) is 6.71. The lowest BCUT2D eigenvalue weighted by atomic mass is 10.1. The normalized spacial score (nSPS) is 11.0. The zero-order valence-corrected chi connectivity index (χ0v) is 15.5. The van der Waals surface area contributed by atoms with Gasteiger partial charge < -0.3 is 0 Å². The van der Waals surface area contributed by atoms with E-state index in [1.54, 1.807) is 9.75 Å². The largest absolute Gasteiger partial charge is 0.313 e. The van der Waals surface area contributed by atoms with Crippen molar-refractivity contribution in [1.29, 1.82) is 0 Å². The molecule has 0 aliphatic rings. The van der Waals surface area contributed by atoms with Gasteiger partial charge in [-0.15, -0.1) is 0 Å². The fourth-order valence-corrected chi connectivity index (χ4v) is 5.07. The van der Waals surface area contributed by atoms with Gasteiger partial charge in [-0.3, -0.25) is 0 Å². The summed E-state index contributed by atoms with van der Waals surface area (Å²) in [6, 6.07) is 0. The summed E-state index contributed by atoms with van der Waals surface area (Å²) in [6.45, 7) is 4.58. The van der Waals surface area contributed by atoms with Crippen LogP contribution in [-0.2, 0) is 12.8 Å². The Morgan fingerprint density at radius 2 is 1.15 bits per heavy atom. The van der Waals surface area contributed by atoms with E-state index in [4.69, 9.17) is 0 Å². The molecule has 0 aromatic carbocycles. The van der Waals surface area contributed by atoms with E-state index in [1.807, 2.05) is 22.7 Å². The van der Waals surface area contributed by atoms with E-state index < -0.39 is 0 Å². The van der Waals surface area contributed by atoms with Gasteiger partial charge in [0.2, 0.25) is 0 Å². The quantitative estimate of drug-likeness (QED) is 0.418. The Balaban J connectivity index is 2.62. The van der Waals surface area contributed by atoms with Crippen LogP contribution in [0, 0.1) is 0 Å². The van der Waals surface area contributed by atoms with Gasteiger partial charge in [-0.2, -0.15) is 0 Å². The van der Waals surface area contributed by atoms with Crippen LogP contribution in [0.15, 0.2) is 0 Å². The lowest BCUT2D eigenvalue weighted by Gasteiger charge is -2.02. The summed E-state index contributed by atoms with van der Waals surface area (Å²) in [5, 5.41) is 0. The molecular weight excluding hydrogens is 282 g/mol. The zero-order valence-electron chi connectivity index (χ0n) is 13.8. The molecule has 0 fully saturated rings. The van der Waals surface area contributed by atoms with Gasteiger partial charge in [0.05, 0.1) is 0 Å². The van der Waals surface area contributed by atoms with Crippen molar-refractivity contribution in [3.05, 3.63) is 13.7 Å². The smallest absolute Gasteiger partial charge is 0.217 e. The predicted octanol–water partition coefficient (Wildman–Crippen LogP) is 5.09. The Hall–Kier alpha value is -0.150. The second-order valence-corrected chi connectivity index (χ2v) is 8.26. The van der Waals surface area contributed by atoms with Crippen LogP contribution in [0.2, 0.25) is 0 Å². The molecule has 0 amide bonds. The Morgan fingerprint density at radius 1 is 0.700 bits per heavy atom. The minimum atomic E-state index is 1.30. The van der Waals surface area contributed by atoms with Crippen molar-refractivity contribution in [1.82, 2.24) is 4.58 Å². The first kappa shape index (κ1) is 17.9. The molecule has 0 aliphatic heterocycles. The fourth-order valence-electron chi connectivity index (χ4n) is 2.33. The molecule has 1 aromatic rings. The molecule has 0 atom stereocenters. The van der Waals surface area contributed by atoms with Gasteiger partial charge >= 0.3 is 3.98 Å². The summed E-state index contributed by atoms with van der Waals surface area (Å²) in [7, 11) is 4.34. The van der Waals surface area contributed by atoms with E-state index in [1.165, 1.54) is 68.2 Å². The highest BCUT2D eigenvalue weighted by atomic mass is 32.2. The molecule has 0 unspecified atom stereocenters. The van der Waals surface area contributed by atoms with Crippen LogP contribution in [0.4, 0.5) is 0 Å². The standard InChI is InChI=1S/C17H32NS2/c1-5-7-9-11-13-15-16(14-12-10-8-6-2)20-17(19-15)18(3)4/h5-14H2,1-4H3/q+1. The van der Waals surface area contributed by atoms with E-state index in [9.17, 15) is 0 Å². The second kappa shape index (κ2) is 10.6. The van der Waals surface area contributed by atoms with Crippen LogP contribution in [0.5, 0.6) is 0 Å². The van der Waals surface area contributed by atoms with Gasteiger partial charge in [-0.1, -0.05) is 75.0 Å². The molecule has 0 saturated carbocycles. The first-order valence-corrected chi connectivity index (χ1v) is 9.94. The molecule has 1 rings (SSSR count). The van der Waals surface area contributed by atoms with Gasteiger partial charge in [-0.25, -0.2) is 4.58 Å². The molecule has 0 spiro atoms. The molecule has 116 valence electrons. The Morgan fingerprint density at radius 3 is 1.50 bits per heavy atom. The van der Waals surface area contributed by atoms with Crippen LogP contribution in [0.25, 0.3) is 0 Å². The third-order valence-electron chi connectivity index (χ3n) is 3.61. The Bertz CT molecular complexity index is 392. The monoisotopic (exact) mass is 314 g/mol. The van der Waals surface area contributed by atoms with Gasteiger partial charge in [0, 0.05) is 9.75 Å². The number of unbranched alkanes of at least 4 members (excludes halogenated alkanes) is 6. The number of hydrogen-bond donors (Lipinski definition) is 0. The van der Waals surface area contributed by atoms with E-state index in [2.05, 4.69) is 32.5 Å². The van der Waals surface area contributed by atoms with Crippen molar-refractivity contribution in [3.8, 4) is 0 Å². The summed E-state index contributed by atoms with van der Waals surface area (Å²) in [4.78, 5) is 3.35. The molecule has 0 bridgehead atoms. The number of hydrogen-bond acceptors (Lipinski definition) is 2. The van der Waals surface area contributed by atoms with Crippen molar-refractivity contribution < 1.29 is 0 Å². The lowest BCUT2D eigenvalue weighted by Crippen LogP contribution is -2.14. The summed E-state index contributed by atoms with van der Waals surface area (Å²) in [5.41, 5.74) is 0. The second-order valence-electron chi connectivity index (χ2n) is 5.83. The number of rotatable bonds is 10. The maximum atomic E-state index is 2.29. The summed E-state index contributed by atoms with van der Waals surface area (Å²) in [6.07, 6.45) is 13.6. The lowest BCUT2D eigenvalue weighted by molar-refractivity contribution is 0.657. The van der Waals surface area contributed by atoms with Gasteiger partial charge in [0.15, 0.2) is 0 Å². The number of aryl methyl sites for hydroxylation is 2. The molecular formula is C17H32NS2+. The van der Waals surface area contributed by atoms with E-state index in [-0.39, 0.29) is 0 Å². The summed E-state index contributed by atoms with van der Waals surface area (Å²) in [5.74, 6) is 0. The maximum Gasteiger partial charge on any atom is 0.313 e. The first-order valence-electron chi connectivity index (χ1n) is 8.31. The highest BCUT2D eigenvalue weighted by Crippen LogP contribution is 2.22. The molecule has 0 N–H and O–H groups in total. The molecule has 3 heteroatoms. The van der Waals surface area contributed by atoms with Gasteiger partial charge in [0.1, 0.15) is 14.1 Å². The highest BCUT2D eigenvalue weighted by molar-refractivity contribution is 7.27. The van der Waals surface area contributed by atoms with Crippen molar-refractivity contribution in [2.45, 2.75) is 78.1 Å². The summed E-state index contributed by atoms with van der Waals surface area (Å²) >= 11 is 4.07. The van der Waals surface area contributed by atoms with Crippen LogP contribution in [0.1, 0.15) is 75.0 Å². The van der Waals surface area contributed by atoms with E-state index in [0.717, 1.165) is 0 Å².